The number of allylic oxidation sites excluding steroid dienone is 4. The molecule has 0 aliphatic heterocycles. The molecule has 0 aromatic rings. The van der Waals surface area contributed by atoms with Gasteiger partial charge >= 0.3 is 275 Å². The van der Waals surface area contributed by atoms with Crippen molar-refractivity contribution in [3.63, 3.8) is 0 Å². The molecule has 0 radical (unpaired) electrons. The van der Waals surface area contributed by atoms with E-state index < -0.39 is 0 Å². The van der Waals surface area contributed by atoms with Gasteiger partial charge in [0.05, 0.1) is 0 Å². The van der Waals surface area contributed by atoms with Crippen molar-refractivity contribution in [2.24, 2.45) is 22.2 Å². The molecule has 0 aromatic heterocycles. The summed E-state index contributed by atoms with van der Waals surface area (Å²) >= 11 is 9.46. The molecule has 2 aliphatic rings. The van der Waals surface area contributed by atoms with Crippen LogP contribution in [0.2, 0.25) is 0 Å². The van der Waals surface area contributed by atoms with Gasteiger partial charge in [0.25, 0.3) is 0 Å². The first kappa shape index (κ1) is 125. The minimum absolute atomic E-state index is 0. The first-order valence-corrected chi connectivity index (χ1v) is 19.8. The maximum atomic E-state index is 3.19. The smallest absolute Gasteiger partial charge is 0 e. The van der Waals surface area contributed by atoms with Gasteiger partial charge in [0, 0.05) is 316 Å². The van der Waals surface area contributed by atoms with E-state index in [0.717, 1.165) is 0 Å². The standard InChI is InChI=1S/2C9H12.C5H9.C4H7.2CH4.21W/c2*1-9(2,3)8-6-4-5-7-8;1-5(2,3)4;1-4(2)3;;;;;;;;;;;;;;;;;;;;;;;/h2*6H,7H2,1-3H3;1-3H3;4H,1-2H3;2*1H4;;;;;;;;;;;;;;;;;;;;;/q;;2*-1;;;;;;;;;;;;;;;;;;;;;;;. The zero-order chi connectivity index (χ0) is 26.8. The van der Waals surface area contributed by atoms with Crippen LogP contribution in [0.3, 0.4) is 0 Å². The Kier molecular flexibility index (Phi) is 172. The van der Waals surface area contributed by atoms with Crippen molar-refractivity contribution in [1.82, 2.24) is 0 Å². The SMILES string of the molecule is C.C.CC(C)(C)C1=C[C](=[W])[C](=[W])C1.CC(C)(C)C1=C[C](=[W])[C](=[W])C1.CC(C)(C)[C-]=[W].CC(C)[C-]=[W].[W].[W].[W].[W].[W].[W].[W].[W].[W].[W].[W].[W].[W].[W].[W]. The number of hydrogen-bond donors (Lipinski definition) is 0. The van der Waals surface area contributed by atoms with Crippen LogP contribution in [0.4, 0.5) is 0 Å². The van der Waals surface area contributed by atoms with E-state index in [-0.39, 0.29) is 331 Å². The Labute approximate surface area is 591 Å². The van der Waals surface area contributed by atoms with Crippen LogP contribution in [0.25, 0.3) is 0 Å². The van der Waals surface area contributed by atoms with E-state index in [1.165, 1.54) is 51.5 Å². The first-order valence-electron chi connectivity index (χ1n) is 11.0. The van der Waals surface area contributed by atoms with Crippen LogP contribution >= 0.6 is 0 Å². The molecule has 0 aromatic carbocycles. The fourth-order valence-corrected chi connectivity index (χ4v) is 5.14. The minimum Gasteiger partial charge on any atom is 0 e. The largest absolute Gasteiger partial charge is 0 e. The molecule has 0 unspecified atom stereocenters. The maximum absolute atomic E-state index is 3.19. The van der Waals surface area contributed by atoms with Gasteiger partial charge in [-0.2, -0.15) is 0 Å². The van der Waals surface area contributed by atoms with E-state index in [1.54, 1.807) is 104 Å². The molecule has 292 valence electrons. The predicted octanol–water partition coefficient (Wildman–Crippen LogP) is 6.96. The van der Waals surface area contributed by atoms with Crippen LogP contribution in [-0.2, 0) is 432 Å². The Hall–Kier alpha value is 13.2. The van der Waals surface area contributed by atoms with Crippen LogP contribution in [0, 0.1) is 22.2 Å². The second-order valence-electron chi connectivity index (χ2n) is 11.4. The summed E-state index contributed by atoms with van der Waals surface area (Å²) in [4.78, 5) is 0. The quantitative estimate of drug-likeness (QED) is 0.250. The molecular formula is C29H48W21-2. The van der Waals surface area contributed by atoms with Crippen LogP contribution in [0.5, 0.6) is 0 Å². The van der Waals surface area contributed by atoms with Gasteiger partial charge in [0.2, 0.25) is 0 Å². The molecule has 0 fully saturated rings. The molecular weight excluding hydrogens is 4210 g/mol. The zero-order valence-corrected chi connectivity index (χ0v) is 89.8. The fourth-order valence-electron chi connectivity index (χ4n) is 2.06. The Bertz CT molecular complexity index is 776. The number of hydrogen-bond acceptors (Lipinski definition) is 0. The molecule has 0 heterocycles. The Morgan fingerprint density at radius 3 is 0.680 bits per heavy atom. The van der Waals surface area contributed by atoms with Crippen LogP contribution in [0.15, 0.2) is 23.3 Å². The van der Waals surface area contributed by atoms with E-state index in [1.807, 2.05) is 0 Å². The van der Waals surface area contributed by atoms with Gasteiger partial charge in [-0.3, -0.25) is 0 Å². The summed E-state index contributed by atoms with van der Waals surface area (Å²) in [6, 6.07) is 0. The monoisotopic (exact) mass is 4260 g/mol. The van der Waals surface area contributed by atoms with Crippen molar-refractivity contribution in [2.45, 2.75) is 104 Å². The first-order chi connectivity index (χ1) is 14.7. The van der Waals surface area contributed by atoms with Crippen molar-refractivity contribution in [3.8, 4) is 0 Å². The number of rotatable bonds is 1. The Balaban J connectivity index is -0.0000000140. The van der Waals surface area contributed by atoms with Crippen LogP contribution in [0.1, 0.15) is 104 Å². The van der Waals surface area contributed by atoms with Gasteiger partial charge in [0.1, 0.15) is 0 Å². The molecule has 21 heteroatoms. The Morgan fingerprint density at radius 1 is 0.480 bits per heavy atom. The maximum Gasteiger partial charge on any atom is 0 e. The molecule has 0 nitrogen and oxygen atoms in total. The summed E-state index contributed by atoms with van der Waals surface area (Å²) in [5.74, 6) is 0.671. The summed E-state index contributed by atoms with van der Waals surface area (Å²) in [7, 11) is 0. The van der Waals surface area contributed by atoms with Gasteiger partial charge in [-0.05, 0) is 0 Å². The summed E-state index contributed by atoms with van der Waals surface area (Å²) < 4.78 is 12.8. The van der Waals surface area contributed by atoms with Gasteiger partial charge < -0.3 is 0 Å². The predicted molar refractivity (Wildman–Crippen MR) is 142 cm³/mol. The Morgan fingerprint density at radius 2 is 0.640 bits per heavy atom. The molecule has 0 saturated carbocycles. The zero-order valence-electron chi connectivity index (χ0n) is 28.2. The fraction of sp³-hybridized carbons (Fsp3) is 0.655. The average Bonchev–Trinajstić information content (AvgIpc) is 3.17. The van der Waals surface area contributed by atoms with Crippen LogP contribution < -0.4 is 0 Å². The molecule has 2 aliphatic carbocycles. The minimum atomic E-state index is 0. The topological polar surface area (TPSA) is 0 Å². The second-order valence-corrected chi connectivity index (χ2v) is 19.7. The third-order valence-corrected chi connectivity index (χ3v) is 17.5. The van der Waals surface area contributed by atoms with Crippen LogP contribution in [-0.4, -0.2) is 24.4 Å². The molecule has 2 rings (SSSR count). The van der Waals surface area contributed by atoms with Crippen molar-refractivity contribution in [1.29, 1.82) is 0 Å². The third-order valence-electron chi connectivity index (χ3n) is 4.33. The second kappa shape index (κ2) is 68.7. The van der Waals surface area contributed by atoms with E-state index in [9.17, 15) is 0 Å². The summed E-state index contributed by atoms with van der Waals surface area (Å²) in [6.07, 6.45) is 7.30. The van der Waals surface area contributed by atoms with E-state index >= 15 is 0 Å². The van der Waals surface area contributed by atoms with Crippen molar-refractivity contribution < 1.29 is 432 Å². The van der Waals surface area contributed by atoms with E-state index in [4.69, 9.17) is 0 Å². The average molecular weight is 4260 g/mol. The molecule has 0 saturated heterocycles. The third kappa shape index (κ3) is 75.5. The van der Waals surface area contributed by atoms with E-state index in [2.05, 4.69) is 97.1 Å². The molecule has 0 amide bonds. The van der Waals surface area contributed by atoms with Crippen molar-refractivity contribution in [2.75, 3.05) is 0 Å². The van der Waals surface area contributed by atoms with Crippen molar-refractivity contribution in [3.05, 3.63) is 23.3 Å². The van der Waals surface area contributed by atoms with Gasteiger partial charge in [-0.15, -0.1) is 0 Å². The molecule has 50 heavy (non-hydrogen) atoms. The molecule has 0 bridgehead atoms. The summed E-state index contributed by atoms with van der Waals surface area (Å²) in [5, 5.41) is 0. The van der Waals surface area contributed by atoms with Gasteiger partial charge in [-0.25, -0.2) is 0 Å². The normalized spacial score (nSPS) is 10.6. The van der Waals surface area contributed by atoms with Gasteiger partial charge in [-0.1, -0.05) is 14.9 Å². The summed E-state index contributed by atoms with van der Waals surface area (Å²) in [5.41, 5.74) is 4.34. The molecule has 0 atom stereocenters. The summed E-state index contributed by atoms with van der Waals surface area (Å²) in [6.45, 7) is 24.5. The van der Waals surface area contributed by atoms with Gasteiger partial charge in [0.15, 0.2) is 0 Å². The van der Waals surface area contributed by atoms with Crippen molar-refractivity contribution >= 4 is 24.4 Å². The molecule has 0 spiro atoms. The van der Waals surface area contributed by atoms with E-state index in [0.29, 0.717) is 22.2 Å². The molecule has 0 N–H and O–H groups in total.